The molecule has 4 aromatic carbocycles. The molecule has 0 unspecified atom stereocenters. The summed E-state index contributed by atoms with van der Waals surface area (Å²) in [5.41, 5.74) is 1.32. The molecule has 0 aliphatic carbocycles. The van der Waals surface area contributed by atoms with Crippen molar-refractivity contribution >= 4 is 28.2 Å². The third kappa shape index (κ3) is 3.91. The number of fused-ring (bicyclic) bond motifs is 1. The summed E-state index contributed by atoms with van der Waals surface area (Å²) in [7, 11) is 3.20. The molecular formula is C25H21NO4. The van der Waals surface area contributed by atoms with Crippen LogP contribution < -0.4 is 19.1 Å². The van der Waals surface area contributed by atoms with Gasteiger partial charge in [-0.05, 0) is 60.0 Å². The van der Waals surface area contributed by atoms with Crippen molar-refractivity contribution in [1.29, 1.82) is 0 Å². The minimum Gasteiger partial charge on any atom is -0.497 e. The van der Waals surface area contributed by atoms with Gasteiger partial charge in [-0.1, -0.05) is 36.4 Å². The topological polar surface area (TPSA) is 48.0 Å². The number of ether oxygens (including phenoxy) is 3. The third-order valence-electron chi connectivity index (χ3n) is 4.79. The zero-order valence-corrected chi connectivity index (χ0v) is 16.7. The lowest BCUT2D eigenvalue weighted by Crippen LogP contribution is -2.29. The highest BCUT2D eigenvalue weighted by atomic mass is 16.6. The maximum Gasteiger partial charge on any atom is 0.424 e. The van der Waals surface area contributed by atoms with Gasteiger partial charge >= 0.3 is 6.09 Å². The second-order valence-electron chi connectivity index (χ2n) is 6.58. The van der Waals surface area contributed by atoms with Gasteiger partial charge in [-0.15, -0.1) is 0 Å². The molecule has 4 rings (SSSR count). The first-order valence-electron chi connectivity index (χ1n) is 9.47. The summed E-state index contributed by atoms with van der Waals surface area (Å²) in [5.74, 6) is 1.91. The molecule has 150 valence electrons. The van der Waals surface area contributed by atoms with E-state index in [1.807, 2.05) is 60.7 Å². The third-order valence-corrected chi connectivity index (χ3v) is 4.79. The standard InChI is InChI=1S/C25H21NO4/c1-28-21-14-10-19(11-15-21)26(20-12-16-22(29-2)17-13-20)25(27)30-24-9-5-7-18-6-3-4-8-23(18)24/h3-17H,1-2H3. The molecule has 1 amide bonds. The number of benzene rings is 4. The molecule has 0 atom stereocenters. The number of amides is 1. The Morgan fingerprint density at radius 1 is 0.667 bits per heavy atom. The van der Waals surface area contributed by atoms with Crippen molar-refractivity contribution in [2.24, 2.45) is 0 Å². The largest absolute Gasteiger partial charge is 0.497 e. The van der Waals surface area contributed by atoms with Crippen LogP contribution in [0.2, 0.25) is 0 Å². The number of rotatable bonds is 5. The van der Waals surface area contributed by atoms with Gasteiger partial charge in [0.05, 0.1) is 25.6 Å². The number of methoxy groups -OCH3 is 2. The molecule has 0 heterocycles. The van der Waals surface area contributed by atoms with Crippen LogP contribution in [-0.4, -0.2) is 20.3 Å². The van der Waals surface area contributed by atoms with Gasteiger partial charge in [-0.2, -0.15) is 0 Å². The van der Waals surface area contributed by atoms with Crippen molar-refractivity contribution in [3.8, 4) is 17.2 Å². The van der Waals surface area contributed by atoms with Crippen molar-refractivity contribution in [2.75, 3.05) is 19.1 Å². The molecule has 30 heavy (non-hydrogen) atoms. The Balaban J connectivity index is 1.72. The predicted octanol–water partition coefficient (Wildman–Crippen LogP) is 6.19. The van der Waals surface area contributed by atoms with Gasteiger partial charge in [0.2, 0.25) is 0 Å². The summed E-state index contributed by atoms with van der Waals surface area (Å²) in [5, 5.41) is 1.88. The number of hydrogen-bond acceptors (Lipinski definition) is 4. The maximum absolute atomic E-state index is 13.3. The Kier molecular flexibility index (Phi) is 5.52. The van der Waals surface area contributed by atoms with Crippen molar-refractivity contribution in [1.82, 2.24) is 0 Å². The summed E-state index contributed by atoms with van der Waals surface area (Å²) in [6, 6.07) is 27.9. The highest BCUT2D eigenvalue weighted by Gasteiger charge is 2.21. The molecule has 0 N–H and O–H groups in total. The minimum absolute atomic E-state index is 0.505. The average Bonchev–Trinajstić information content (AvgIpc) is 2.80. The van der Waals surface area contributed by atoms with Crippen LogP contribution in [0.15, 0.2) is 91.0 Å². The SMILES string of the molecule is COc1ccc(N(C(=O)Oc2cccc3ccccc23)c2ccc(OC)cc2)cc1. The minimum atomic E-state index is -0.512. The molecular weight excluding hydrogens is 378 g/mol. The van der Waals surface area contributed by atoms with Crippen LogP contribution in [-0.2, 0) is 0 Å². The first kappa shape index (κ1) is 19.3. The fourth-order valence-electron chi connectivity index (χ4n) is 3.25. The molecule has 5 nitrogen and oxygen atoms in total. The van der Waals surface area contributed by atoms with Gasteiger partial charge < -0.3 is 14.2 Å². The van der Waals surface area contributed by atoms with Crippen molar-refractivity contribution in [3.05, 3.63) is 91.0 Å². The number of nitrogens with zero attached hydrogens (tertiary/aromatic N) is 1. The smallest absolute Gasteiger partial charge is 0.424 e. The number of hydrogen-bond donors (Lipinski definition) is 0. The first-order valence-corrected chi connectivity index (χ1v) is 9.47. The molecule has 0 aromatic heterocycles. The molecule has 0 saturated carbocycles. The van der Waals surface area contributed by atoms with Gasteiger partial charge in [-0.25, -0.2) is 9.69 Å². The number of anilines is 2. The highest BCUT2D eigenvalue weighted by Crippen LogP contribution is 2.32. The lowest BCUT2D eigenvalue weighted by molar-refractivity contribution is 0.211. The van der Waals surface area contributed by atoms with Crippen LogP contribution >= 0.6 is 0 Å². The summed E-state index contributed by atoms with van der Waals surface area (Å²) in [4.78, 5) is 14.8. The van der Waals surface area contributed by atoms with Crippen LogP contribution in [0, 0.1) is 0 Å². The van der Waals surface area contributed by atoms with Crippen molar-refractivity contribution in [3.63, 3.8) is 0 Å². The predicted molar refractivity (Wildman–Crippen MR) is 118 cm³/mol. The van der Waals surface area contributed by atoms with E-state index in [1.165, 1.54) is 4.90 Å². The molecule has 0 spiro atoms. The highest BCUT2D eigenvalue weighted by molar-refractivity contribution is 5.99. The van der Waals surface area contributed by atoms with Crippen molar-refractivity contribution in [2.45, 2.75) is 0 Å². The molecule has 4 aromatic rings. The summed E-state index contributed by atoms with van der Waals surface area (Å²) in [6.07, 6.45) is -0.512. The normalized spacial score (nSPS) is 10.5. The van der Waals surface area contributed by atoms with Crippen LogP contribution in [0.1, 0.15) is 0 Å². The Hall–Kier alpha value is -3.99. The van der Waals surface area contributed by atoms with E-state index in [0.717, 1.165) is 10.8 Å². The van der Waals surface area contributed by atoms with E-state index < -0.39 is 6.09 Å². The van der Waals surface area contributed by atoms with Crippen LogP contribution in [0.3, 0.4) is 0 Å². The van der Waals surface area contributed by atoms with Crippen molar-refractivity contribution < 1.29 is 19.0 Å². The lowest BCUT2D eigenvalue weighted by Gasteiger charge is -2.23. The lowest BCUT2D eigenvalue weighted by atomic mass is 10.1. The zero-order chi connectivity index (χ0) is 20.9. The Morgan fingerprint density at radius 3 is 1.77 bits per heavy atom. The van der Waals surface area contributed by atoms with Gasteiger partial charge in [0.1, 0.15) is 17.2 Å². The maximum atomic E-state index is 13.3. The van der Waals surface area contributed by atoms with Crippen LogP contribution in [0.25, 0.3) is 10.8 Å². The second kappa shape index (κ2) is 8.57. The fraction of sp³-hybridized carbons (Fsp3) is 0.0800. The van der Waals surface area contributed by atoms with E-state index in [1.54, 1.807) is 44.6 Å². The second-order valence-corrected chi connectivity index (χ2v) is 6.58. The van der Waals surface area contributed by atoms with E-state index in [0.29, 0.717) is 28.6 Å². The van der Waals surface area contributed by atoms with Gasteiger partial charge in [0.25, 0.3) is 0 Å². The van der Waals surface area contributed by atoms with Gasteiger partial charge in [0, 0.05) is 5.39 Å². The molecule has 0 aliphatic rings. The zero-order valence-electron chi connectivity index (χ0n) is 16.7. The van der Waals surface area contributed by atoms with E-state index >= 15 is 0 Å². The van der Waals surface area contributed by atoms with Gasteiger partial charge in [0.15, 0.2) is 0 Å². The summed E-state index contributed by atoms with van der Waals surface area (Å²) >= 11 is 0. The van der Waals surface area contributed by atoms with Crippen LogP contribution in [0.4, 0.5) is 16.2 Å². The summed E-state index contributed by atoms with van der Waals surface area (Å²) in [6.45, 7) is 0. The number of carbonyl (C=O) groups excluding carboxylic acids is 1. The quantitative estimate of drug-likeness (QED) is 0.401. The monoisotopic (exact) mass is 399 g/mol. The van der Waals surface area contributed by atoms with E-state index in [-0.39, 0.29) is 0 Å². The van der Waals surface area contributed by atoms with Gasteiger partial charge in [-0.3, -0.25) is 0 Å². The molecule has 0 bridgehead atoms. The fourth-order valence-corrected chi connectivity index (χ4v) is 3.25. The Labute approximate surface area is 175 Å². The molecule has 0 aliphatic heterocycles. The summed E-state index contributed by atoms with van der Waals surface area (Å²) < 4.78 is 16.3. The Bertz CT molecular complexity index is 1100. The first-order chi connectivity index (χ1) is 14.7. The number of carbonyl (C=O) groups is 1. The molecule has 0 fully saturated rings. The molecule has 5 heteroatoms. The molecule has 0 saturated heterocycles. The van der Waals surface area contributed by atoms with E-state index in [9.17, 15) is 4.79 Å². The Morgan fingerprint density at radius 2 is 1.20 bits per heavy atom. The average molecular weight is 399 g/mol. The van der Waals surface area contributed by atoms with Crippen LogP contribution in [0.5, 0.6) is 17.2 Å². The van der Waals surface area contributed by atoms with E-state index in [4.69, 9.17) is 14.2 Å². The van der Waals surface area contributed by atoms with E-state index in [2.05, 4.69) is 0 Å². The molecule has 0 radical (unpaired) electrons.